The summed E-state index contributed by atoms with van der Waals surface area (Å²) in [5.74, 6) is 0.683. The molecule has 9 aromatic carbocycles. The number of rotatable bonds is 6. The first-order valence-electron chi connectivity index (χ1n) is 19.7. The van der Waals surface area contributed by atoms with Gasteiger partial charge in [0.15, 0.2) is 5.82 Å². The summed E-state index contributed by atoms with van der Waals surface area (Å²) in [5, 5.41) is 9.89. The third kappa shape index (κ3) is 5.98. The molecule has 3 nitrogen and oxygen atoms in total. The summed E-state index contributed by atoms with van der Waals surface area (Å²) in [7, 11) is 0. The number of hydrogen-bond acceptors (Lipinski definition) is 3. The van der Waals surface area contributed by atoms with Gasteiger partial charge in [0.25, 0.3) is 0 Å². The highest BCUT2D eigenvalue weighted by Gasteiger charge is 2.17. The Balaban J connectivity index is 1.08. The van der Waals surface area contributed by atoms with Crippen LogP contribution in [0.5, 0.6) is 0 Å². The molecule has 0 unspecified atom stereocenters. The fourth-order valence-corrected chi connectivity index (χ4v) is 8.49. The van der Waals surface area contributed by atoms with Crippen LogP contribution in [0.25, 0.3) is 110 Å². The Morgan fingerprint density at radius 2 is 0.776 bits per heavy atom. The average Bonchev–Trinajstić information content (AvgIpc) is 3.31. The second-order valence-electron chi connectivity index (χ2n) is 14.8. The SMILES string of the molecule is c1ccc(-c2cc(-c3cccc(-c4ccncc4)c3)nc(-c3cccc(-c4cc5c6ccccc6c(-c6ccc7ccccc7c6)cc5c5ccccc45)c3)n2)cc1. The predicted molar refractivity (Wildman–Crippen MR) is 242 cm³/mol. The fourth-order valence-electron chi connectivity index (χ4n) is 8.49. The Bertz CT molecular complexity index is 3340. The maximum Gasteiger partial charge on any atom is 0.160 e. The Morgan fingerprint density at radius 1 is 0.259 bits per heavy atom. The van der Waals surface area contributed by atoms with Gasteiger partial charge in [-0.25, -0.2) is 9.97 Å². The molecule has 270 valence electrons. The van der Waals surface area contributed by atoms with E-state index < -0.39 is 0 Å². The lowest BCUT2D eigenvalue weighted by molar-refractivity contribution is 1.18. The summed E-state index contributed by atoms with van der Waals surface area (Å²) >= 11 is 0. The van der Waals surface area contributed by atoms with E-state index in [1.54, 1.807) is 0 Å². The molecule has 0 N–H and O–H groups in total. The van der Waals surface area contributed by atoms with Crippen LogP contribution in [0.15, 0.2) is 213 Å². The molecule has 0 amide bonds. The minimum absolute atomic E-state index is 0.683. The van der Waals surface area contributed by atoms with Gasteiger partial charge in [0.1, 0.15) is 0 Å². The van der Waals surface area contributed by atoms with Crippen molar-refractivity contribution in [2.24, 2.45) is 0 Å². The van der Waals surface area contributed by atoms with Crippen LogP contribution in [-0.4, -0.2) is 15.0 Å². The van der Waals surface area contributed by atoms with Crippen molar-refractivity contribution in [3.8, 4) is 67.3 Å². The first-order chi connectivity index (χ1) is 28.7. The summed E-state index contributed by atoms with van der Waals surface area (Å²) in [6.07, 6.45) is 3.66. The molecular weight excluding hydrogens is 703 g/mol. The van der Waals surface area contributed by atoms with E-state index in [1.807, 2.05) is 30.6 Å². The molecule has 0 fully saturated rings. The lowest BCUT2D eigenvalue weighted by atomic mass is 9.87. The number of aromatic nitrogens is 3. The van der Waals surface area contributed by atoms with E-state index in [0.717, 1.165) is 44.8 Å². The lowest BCUT2D eigenvalue weighted by Gasteiger charge is -2.17. The maximum absolute atomic E-state index is 5.26. The lowest BCUT2D eigenvalue weighted by Crippen LogP contribution is -1.96. The molecule has 2 aromatic heterocycles. The molecule has 0 spiro atoms. The molecule has 0 aliphatic carbocycles. The number of fused-ring (bicyclic) bond motifs is 6. The predicted octanol–water partition coefficient (Wildman–Crippen LogP) is 14.5. The smallest absolute Gasteiger partial charge is 0.160 e. The van der Waals surface area contributed by atoms with Crippen LogP contribution < -0.4 is 0 Å². The highest BCUT2D eigenvalue weighted by molar-refractivity contribution is 6.24. The average molecular weight is 738 g/mol. The zero-order valence-corrected chi connectivity index (χ0v) is 31.5. The third-order valence-corrected chi connectivity index (χ3v) is 11.3. The van der Waals surface area contributed by atoms with Gasteiger partial charge in [0, 0.05) is 29.1 Å². The zero-order valence-electron chi connectivity index (χ0n) is 31.5. The molecule has 0 saturated heterocycles. The minimum Gasteiger partial charge on any atom is -0.265 e. The molecule has 0 atom stereocenters. The quantitative estimate of drug-likeness (QED) is 0.160. The molecule has 11 aromatic rings. The van der Waals surface area contributed by atoms with Crippen molar-refractivity contribution in [1.82, 2.24) is 15.0 Å². The summed E-state index contributed by atoms with van der Waals surface area (Å²) < 4.78 is 0. The maximum atomic E-state index is 5.26. The van der Waals surface area contributed by atoms with Gasteiger partial charge in [-0.3, -0.25) is 4.98 Å². The van der Waals surface area contributed by atoms with Crippen molar-refractivity contribution in [2.75, 3.05) is 0 Å². The third-order valence-electron chi connectivity index (χ3n) is 11.3. The van der Waals surface area contributed by atoms with E-state index in [9.17, 15) is 0 Å². The molecule has 0 aliphatic rings. The molecule has 11 rings (SSSR count). The molecule has 0 radical (unpaired) electrons. The van der Waals surface area contributed by atoms with Crippen LogP contribution in [0.1, 0.15) is 0 Å². The van der Waals surface area contributed by atoms with Crippen molar-refractivity contribution in [3.05, 3.63) is 213 Å². The van der Waals surface area contributed by atoms with Crippen molar-refractivity contribution >= 4 is 43.1 Å². The topological polar surface area (TPSA) is 38.7 Å². The van der Waals surface area contributed by atoms with E-state index in [0.29, 0.717) is 5.82 Å². The van der Waals surface area contributed by atoms with Crippen molar-refractivity contribution < 1.29 is 0 Å². The Morgan fingerprint density at radius 3 is 1.48 bits per heavy atom. The van der Waals surface area contributed by atoms with E-state index >= 15 is 0 Å². The molecule has 0 saturated carbocycles. The number of hydrogen-bond donors (Lipinski definition) is 0. The summed E-state index contributed by atoms with van der Waals surface area (Å²) in [6.45, 7) is 0. The van der Waals surface area contributed by atoms with Crippen LogP contribution in [0.3, 0.4) is 0 Å². The molecule has 3 heteroatoms. The van der Waals surface area contributed by atoms with Gasteiger partial charge in [0.05, 0.1) is 11.4 Å². The largest absolute Gasteiger partial charge is 0.265 e. The second-order valence-corrected chi connectivity index (χ2v) is 14.8. The number of benzene rings is 9. The van der Waals surface area contributed by atoms with Crippen LogP contribution in [0.2, 0.25) is 0 Å². The molecule has 0 bridgehead atoms. The van der Waals surface area contributed by atoms with Gasteiger partial charge >= 0.3 is 0 Å². The Kier molecular flexibility index (Phi) is 8.15. The van der Waals surface area contributed by atoms with Crippen LogP contribution >= 0.6 is 0 Å². The van der Waals surface area contributed by atoms with Gasteiger partial charge in [-0.1, -0.05) is 152 Å². The van der Waals surface area contributed by atoms with Gasteiger partial charge in [-0.05, 0) is 125 Å². The van der Waals surface area contributed by atoms with Crippen molar-refractivity contribution in [2.45, 2.75) is 0 Å². The minimum atomic E-state index is 0.683. The zero-order chi connectivity index (χ0) is 38.4. The normalized spacial score (nSPS) is 11.4. The van der Waals surface area contributed by atoms with E-state index in [4.69, 9.17) is 9.97 Å². The van der Waals surface area contributed by atoms with E-state index in [2.05, 4.69) is 187 Å². The van der Waals surface area contributed by atoms with Crippen LogP contribution in [-0.2, 0) is 0 Å². The highest BCUT2D eigenvalue weighted by atomic mass is 14.9. The Labute approximate surface area is 336 Å². The highest BCUT2D eigenvalue weighted by Crippen LogP contribution is 2.43. The first-order valence-corrected chi connectivity index (χ1v) is 19.7. The Hall–Kier alpha value is -7.75. The number of pyridine rings is 1. The molecule has 2 heterocycles. The van der Waals surface area contributed by atoms with E-state index in [1.165, 1.54) is 59.8 Å². The number of nitrogens with zero attached hydrogens (tertiary/aromatic N) is 3. The summed E-state index contributed by atoms with van der Waals surface area (Å²) in [6, 6.07) is 71.6. The van der Waals surface area contributed by atoms with Gasteiger partial charge in [0.2, 0.25) is 0 Å². The monoisotopic (exact) mass is 737 g/mol. The molecular formula is C55H35N3. The van der Waals surface area contributed by atoms with Gasteiger partial charge in [-0.15, -0.1) is 0 Å². The summed E-state index contributed by atoms with van der Waals surface area (Å²) in [4.78, 5) is 14.7. The summed E-state index contributed by atoms with van der Waals surface area (Å²) in [5.41, 5.74) is 11.8. The standard InChI is InChI=1S/C55H35N3/c1-2-13-38(14-3-1)53-35-54(43-18-10-16-40(31-43)37-26-28-56-29-27-37)58-55(57-53)44-19-11-17-41(32-44)49-33-51-48-23-9-7-21-46(48)50(34-52(51)47-22-8-6-20-45(47)49)42-25-24-36-12-4-5-15-39(36)30-42/h1-35H. The van der Waals surface area contributed by atoms with Gasteiger partial charge < -0.3 is 0 Å². The van der Waals surface area contributed by atoms with Crippen molar-refractivity contribution in [1.29, 1.82) is 0 Å². The fraction of sp³-hybridized carbons (Fsp3) is 0. The molecule has 58 heavy (non-hydrogen) atoms. The van der Waals surface area contributed by atoms with Crippen molar-refractivity contribution in [3.63, 3.8) is 0 Å². The van der Waals surface area contributed by atoms with E-state index in [-0.39, 0.29) is 0 Å². The molecule has 0 aliphatic heterocycles. The van der Waals surface area contributed by atoms with Crippen LogP contribution in [0, 0.1) is 0 Å². The van der Waals surface area contributed by atoms with Crippen LogP contribution in [0.4, 0.5) is 0 Å². The van der Waals surface area contributed by atoms with Gasteiger partial charge in [-0.2, -0.15) is 0 Å². The first kappa shape index (κ1) is 33.6. The second kappa shape index (κ2) is 14.1.